The average molecular weight is 416 g/mol. The standard InChI is InChI=1S/C22H29FN4O3/c23-18-9-7-16(8-10-18)14-24-22(28)27-12-3-6-19(27)21-25-20(26-30-21)11-13-29-15-17-4-1-2-5-17/h7-10,17,19H,1-6,11-15H2,(H,24,28). The highest BCUT2D eigenvalue weighted by molar-refractivity contribution is 5.74. The largest absolute Gasteiger partial charge is 0.381 e. The molecule has 2 aromatic rings. The quantitative estimate of drug-likeness (QED) is 0.658. The van der Waals surface area contributed by atoms with E-state index in [9.17, 15) is 9.18 Å². The van der Waals surface area contributed by atoms with Crippen LogP contribution in [0.1, 0.15) is 61.8 Å². The van der Waals surface area contributed by atoms with Crippen LogP contribution in [-0.2, 0) is 17.7 Å². The molecule has 1 unspecified atom stereocenters. The predicted molar refractivity (Wildman–Crippen MR) is 108 cm³/mol. The Morgan fingerprint density at radius 3 is 2.80 bits per heavy atom. The Balaban J connectivity index is 1.25. The van der Waals surface area contributed by atoms with E-state index in [-0.39, 0.29) is 17.9 Å². The lowest BCUT2D eigenvalue weighted by atomic mass is 10.1. The van der Waals surface area contributed by atoms with Crippen LogP contribution in [0.5, 0.6) is 0 Å². The Bertz CT molecular complexity index is 820. The summed E-state index contributed by atoms with van der Waals surface area (Å²) in [4.78, 5) is 18.9. The Hall–Kier alpha value is -2.48. The van der Waals surface area contributed by atoms with Crippen molar-refractivity contribution in [3.05, 3.63) is 47.4 Å². The second-order valence-corrected chi connectivity index (χ2v) is 8.16. The van der Waals surface area contributed by atoms with Crippen LogP contribution in [0.4, 0.5) is 9.18 Å². The van der Waals surface area contributed by atoms with Gasteiger partial charge in [-0.1, -0.05) is 30.1 Å². The number of urea groups is 1. The lowest BCUT2D eigenvalue weighted by Gasteiger charge is -2.22. The summed E-state index contributed by atoms with van der Waals surface area (Å²) in [6.45, 7) is 2.38. The molecule has 2 aliphatic rings. The van der Waals surface area contributed by atoms with Crippen LogP contribution in [0.2, 0.25) is 0 Å². The predicted octanol–water partition coefficient (Wildman–Crippen LogP) is 4.00. The van der Waals surface area contributed by atoms with Gasteiger partial charge in [0.1, 0.15) is 11.9 Å². The topological polar surface area (TPSA) is 80.5 Å². The van der Waals surface area contributed by atoms with E-state index in [2.05, 4.69) is 15.5 Å². The van der Waals surface area contributed by atoms with Crippen molar-refractivity contribution in [3.63, 3.8) is 0 Å². The number of nitrogens with one attached hydrogen (secondary N) is 1. The second-order valence-electron chi connectivity index (χ2n) is 8.16. The Morgan fingerprint density at radius 1 is 1.20 bits per heavy atom. The Kier molecular flexibility index (Phi) is 6.94. The molecular weight excluding hydrogens is 387 g/mol. The molecule has 1 saturated heterocycles. The summed E-state index contributed by atoms with van der Waals surface area (Å²) in [6, 6.07) is 5.71. The van der Waals surface area contributed by atoms with Gasteiger partial charge < -0.3 is 19.5 Å². The number of amides is 2. The zero-order valence-electron chi connectivity index (χ0n) is 17.2. The fourth-order valence-electron chi connectivity index (χ4n) is 4.24. The second kappa shape index (κ2) is 10.0. The van der Waals surface area contributed by atoms with Gasteiger partial charge in [-0.2, -0.15) is 4.98 Å². The van der Waals surface area contributed by atoms with Crippen molar-refractivity contribution < 1.29 is 18.4 Å². The van der Waals surface area contributed by atoms with Crippen molar-refractivity contribution in [1.29, 1.82) is 0 Å². The van der Waals surface area contributed by atoms with Crippen molar-refractivity contribution in [2.75, 3.05) is 19.8 Å². The molecule has 1 N–H and O–H groups in total. The zero-order chi connectivity index (χ0) is 20.8. The molecule has 2 heterocycles. The molecule has 0 spiro atoms. The van der Waals surface area contributed by atoms with E-state index in [0.29, 0.717) is 43.8 Å². The fourth-order valence-corrected chi connectivity index (χ4v) is 4.24. The van der Waals surface area contributed by atoms with Gasteiger partial charge in [-0.15, -0.1) is 0 Å². The van der Waals surface area contributed by atoms with Gasteiger partial charge in [-0.25, -0.2) is 9.18 Å². The third kappa shape index (κ3) is 5.36. The van der Waals surface area contributed by atoms with Crippen LogP contribution in [0.25, 0.3) is 0 Å². The molecule has 1 aromatic heterocycles. The van der Waals surface area contributed by atoms with Crippen molar-refractivity contribution in [3.8, 4) is 0 Å². The number of benzene rings is 1. The number of hydrogen-bond donors (Lipinski definition) is 1. The summed E-state index contributed by atoms with van der Waals surface area (Å²) < 4.78 is 24.2. The van der Waals surface area contributed by atoms with Gasteiger partial charge in [0.25, 0.3) is 0 Å². The molecular formula is C22H29FN4O3. The van der Waals surface area contributed by atoms with Gasteiger partial charge in [0.2, 0.25) is 5.89 Å². The molecule has 0 bridgehead atoms. The molecule has 0 radical (unpaired) electrons. The van der Waals surface area contributed by atoms with Crippen molar-refractivity contribution in [2.45, 2.75) is 57.5 Å². The van der Waals surface area contributed by atoms with E-state index in [4.69, 9.17) is 9.26 Å². The molecule has 30 heavy (non-hydrogen) atoms. The van der Waals surface area contributed by atoms with Gasteiger partial charge in [0.15, 0.2) is 5.82 Å². The van der Waals surface area contributed by atoms with Gasteiger partial charge in [-0.05, 0) is 49.3 Å². The zero-order valence-corrected chi connectivity index (χ0v) is 17.2. The maximum atomic E-state index is 13.0. The fraction of sp³-hybridized carbons (Fsp3) is 0.591. The first kappa shape index (κ1) is 20.8. The molecule has 7 nitrogen and oxygen atoms in total. The van der Waals surface area contributed by atoms with Crippen LogP contribution in [0, 0.1) is 11.7 Å². The maximum absolute atomic E-state index is 13.0. The van der Waals surface area contributed by atoms with Crippen LogP contribution in [0.15, 0.2) is 28.8 Å². The molecule has 1 atom stereocenters. The van der Waals surface area contributed by atoms with E-state index in [1.165, 1.54) is 37.8 Å². The number of rotatable bonds is 8. The number of carbonyl (C=O) groups is 1. The van der Waals surface area contributed by atoms with Crippen molar-refractivity contribution in [2.24, 2.45) is 5.92 Å². The summed E-state index contributed by atoms with van der Waals surface area (Å²) in [5, 5.41) is 6.96. The highest BCUT2D eigenvalue weighted by Crippen LogP contribution is 2.31. The molecule has 2 fully saturated rings. The number of hydrogen-bond acceptors (Lipinski definition) is 5. The highest BCUT2D eigenvalue weighted by atomic mass is 19.1. The maximum Gasteiger partial charge on any atom is 0.318 e. The van der Waals surface area contributed by atoms with Gasteiger partial charge >= 0.3 is 6.03 Å². The Labute approximate surface area is 176 Å². The van der Waals surface area contributed by atoms with Crippen molar-refractivity contribution in [1.82, 2.24) is 20.4 Å². The van der Waals surface area contributed by atoms with Crippen LogP contribution >= 0.6 is 0 Å². The summed E-state index contributed by atoms with van der Waals surface area (Å²) in [5.74, 6) is 1.51. The first-order valence-electron chi connectivity index (χ1n) is 10.9. The average Bonchev–Trinajstić information content (AvgIpc) is 3.52. The molecule has 1 aliphatic carbocycles. The van der Waals surface area contributed by atoms with Crippen molar-refractivity contribution >= 4 is 6.03 Å². The SMILES string of the molecule is O=C(NCc1ccc(F)cc1)N1CCCC1c1nc(CCOCC2CCCC2)no1. The van der Waals surface area contributed by atoms with Gasteiger partial charge in [0.05, 0.1) is 6.61 Å². The lowest BCUT2D eigenvalue weighted by molar-refractivity contribution is 0.102. The summed E-state index contributed by atoms with van der Waals surface area (Å²) >= 11 is 0. The number of ether oxygens (including phenoxy) is 1. The third-order valence-corrected chi connectivity index (χ3v) is 5.94. The summed E-state index contributed by atoms with van der Waals surface area (Å²) in [5.41, 5.74) is 0.846. The molecule has 4 rings (SSSR count). The van der Waals surface area contributed by atoms with E-state index in [0.717, 1.165) is 25.0 Å². The minimum absolute atomic E-state index is 0.179. The molecule has 1 aromatic carbocycles. The van der Waals surface area contributed by atoms with Gasteiger partial charge in [-0.3, -0.25) is 0 Å². The third-order valence-electron chi connectivity index (χ3n) is 5.94. The molecule has 162 valence electrons. The van der Waals surface area contributed by atoms with E-state index < -0.39 is 0 Å². The van der Waals surface area contributed by atoms with E-state index in [1.807, 2.05) is 0 Å². The Morgan fingerprint density at radius 2 is 2.00 bits per heavy atom. The molecule has 1 aliphatic heterocycles. The minimum Gasteiger partial charge on any atom is -0.381 e. The number of nitrogens with zero attached hydrogens (tertiary/aromatic N) is 3. The number of carbonyl (C=O) groups excluding carboxylic acids is 1. The first-order valence-corrected chi connectivity index (χ1v) is 10.9. The van der Waals surface area contributed by atoms with E-state index in [1.54, 1.807) is 17.0 Å². The highest BCUT2D eigenvalue weighted by Gasteiger charge is 2.34. The number of halogens is 1. The molecule has 8 heteroatoms. The van der Waals surface area contributed by atoms with E-state index >= 15 is 0 Å². The lowest BCUT2D eigenvalue weighted by Crippen LogP contribution is -2.39. The normalized spacial score (nSPS) is 19.5. The first-order chi connectivity index (χ1) is 14.7. The van der Waals surface area contributed by atoms with Crippen LogP contribution in [-0.4, -0.2) is 40.8 Å². The number of likely N-dealkylation sites (tertiary alicyclic amines) is 1. The summed E-state index contributed by atoms with van der Waals surface area (Å²) in [6.07, 6.45) is 7.47. The minimum atomic E-state index is -0.291. The smallest absolute Gasteiger partial charge is 0.318 e. The summed E-state index contributed by atoms with van der Waals surface area (Å²) in [7, 11) is 0. The monoisotopic (exact) mass is 416 g/mol. The van der Waals surface area contributed by atoms with Gasteiger partial charge in [0, 0.05) is 26.1 Å². The van der Waals surface area contributed by atoms with Crippen LogP contribution < -0.4 is 5.32 Å². The van der Waals surface area contributed by atoms with Crippen LogP contribution in [0.3, 0.4) is 0 Å². The molecule has 2 amide bonds. The number of aromatic nitrogens is 2. The molecule has 1 saturated carbocycles.